The molecule has 133 heavy (non-hydrogen) atoms. The number of benzene rings is 5. The Bertz CT molecular complexity index is 5400. The third-order valence-corrected chi connectivity index (χ3v) is 23.4. The molecule has 2 aliphatic heterocycles. The summed E-state index contributed by atoms with van der Waals surface area (Å²) in [5, 5.41) is 22.5. The first-order chi connectivity index (χ1) is 63.7. The average Bonchev–Trinajstić information content (AvgIpc) is 1.60. The van der Waals surface area contributed by atoms with Gasteiger partial charge in [-0.15, -0.1) is 55.5 Å². The number of nitrogens with zero attached hydrogens (tertiary/aromatic N) is 17. The van der Waals surface area contributed by atoms with E-state index in [1.165, 1.54) is 96.1 Å². The Kier molecular flexibility index (Phi) is 80.6. The number of para-hydroxylation sites is 1. The van der Waals surface area contributed by atoms with E-state index >= 15 is 0 Å². The van der Waals surface area contributed by atoms with Crippen molar-refractivity contribution in [1.29, 1.82) is 0 Å². The van der Waals surface area contributed by atoms with Crippen LogP contribution in [0.4, 0.5) is 11.6 Å². The molecule has 0 spiro atoms. The van der Waals surface area contributed by atoms with E-state index in [2.05, 4.69) is 153 Å². The molecule has 0 N–H and O–H groups in total. The predicted octanol–water partition coefficient (Wildman–Crippen LogP) is 31.3. The number of amides is 3. The Morgan fingerprint density at radius 3 is 1.20 bits per heavy atom. The normalized spacial score (nSPS) is 9.96. The molecule has 3 amide bonds. The summed E-state index contributed by atoms with van der Waals surface area (Å²) in [7, 11) is 2.90. The number of hydrogen-bond acceptors (Lipinski definition) is 23. The Morgan fingerprint density at radius 2 is 0.895 bits per heavy atom. The Balaban J connectivity index is -0.000000325. The van der Waals surface area contributed by atoms with E-state index in [-0.39, 0.29) is 28.1 Å². The lowest BCUT2D eigenvalue weighted by Crippen LogP contribution is -2.24. The van der Waals surface area contributed by atoms with E-state index in [0.717, 1.165) is 56.8 Å². The van der Waals surface area contributed by atoms with Crippen LogP contribution in [0.25, 0.3) is 30.8 Å². The third-order valence-electron chi connectivity index (χ3n) is 16.0. The van der Waals surface area contributed by atoms with E-state index in [1.807, 2.05) is 291 Å². The average molecular weight is 1970 g/mol. The van der Waals surface area contributed by atoms with Crippen molar-refractivity contribution >= 4 is 140 Å². The zero-order chi connectivity index (χ0) is 103. The minimum atomic E-state index is -3.55. The summed E-state index contributed by atoms with van der Waals surface area (Å²) in [6, 6.07) is 47.8. The molecule has 0 saturated heterocycles. The lowest BCUT2D eigenvalue weighted by atomic mass is 10.1. The second-order valence-electron chi connectivity index (χ2n) is 24.6. The number of aryl methyl sites for hydroxylation is 15. The number of aromatic nitrogens is 13. The third kappa shape index (κ3) is 51.2. The van der Waals surface area contributed by atoms with Crippen molar-refractivity contribution in [2.24, 2.45) is 14.1 Å². The van der Waals surface area contributed by atoms with Gasteiger partial charge >= 0.3 is 0 Å². The molecule has 0 bridgehead atoms. The zero-order valence-corrected chi connectivity index (χ0v) is 93.8. The highest BCUT2D eigenvalue weighted by Gasteiger charge is 2.38. The SMILES string of the molecule is CC.CC.CC.CC.CC.CC.CC.CC.CC.CC.CN1C(=O)c2ccccc2C1=O.CN1C(=O)c2ccccc2S1(=O)=O.Cc1ccccc1.Cc1cccnc1.Cc1cccs1.Cc1nc2ccccc2s1.Cc1nccs1.Cc1nn(C)c(C)c1C.Cc1nnc(C)s1.Cc1nsc(C)c1C.Cc1nsc(C)n1.Cc1snc2ccccc12.[C-]#[N+]c1nc(C)n(C)c1[N+]#[C-]. The van der Waals surface area contributed by atoms with Gasteiger partial charge in [0.05, 0.1) is 60.9 Å². The van der Waals surface area contributed by atoms with Crippen LogP contribution in [0.15, 0.2) is 186 Å². The zero-order valence-electron chi connectivity index (χ0n) is 87.2. The van der Waals surface area contributed by atoms with Crippen LogP contribution < -0.4 is 0 Å². The number of imidazole rings is 1. The van der Waals surface area contributed by atoms with Crippen LogP contribution in [0.1, 0.15) is 260 Å². The number of pyridine rings is 1. The molecular formula is C103H153N17O5S8. The minimum Gasteiger partial charge on any atom is -0.373 e. The molecule has 22 nitrogen and oxygen atoms in total. The van der Waals surface area contributed by atoms with Crippen LogP contribution in [-0.4, -0.2) is 112 Å². The molecule has 30 heteroatoms. The molecule has 10 aromatic heterocycles. The smallest absolute Gasteiger partial charge is 0.293 e. The molecule has 17 rings (SSSR count). The van der Waals surface area contributed by atoms with Gasteiger partial charge in [0.2, 0.25) is 0 Å². The van der Waals surface area contributed by atoms with Gasteiger partial charge in [-0.05, 0) is 222 Å². The first-order valence-electron chi connectivity index (χ1n) is 44.8. The highest BCUT2D eigenvalue weighted by Crippen LogP contribution is 2.29. The maximum atomic E-state index is 11.5. The predicted molar refractivity (Wildman–Crippen MR) is 580 cm³/mol. The highest BCUT2D eigenvalue weighted by atomic mass is 32.2. The number of thiazole rings is 2. The summed E-state index contributed by atoms with van der Waals surface area (Å²) >= 11 is 11.4. The lowest BCUT2D eigenvalue weighted by molar-refractivity contribution is 0.0692. The Hall–Kier alpha value is -10.9. The number of rotatable bonds is 0. The molecular weight excluding hydrogens is 1810 g/mol. The number of carbonyl (C=O) groups excluding carboxylic acids is 3. The van der Waals surface area contributed by atoms with Crippen molar-refractivity contribution in [2.75, 3.05) is 14.1 Å². The van der Waals surface area contributed by atoms with Crippen LogP contribution in [0.2, 0.25) is 0 Å². The van der Waals surface area contributed by atoms with Crippen LogP contribution in [0.3, 0.4) is 0 Å². The van der Waals surface area contributed by atoms with Gasteiger partial charge in [-0.1, -0.05) is 259 Å². The van der Waals surface area contributed by atoms with E-state index in [9.17, 15) is 22.8 Å². The van der Waals surface area contributed by atoms with Gasteiger partial charge in [-0.25, -0.2) is 22.7 Å². The summed E-state index contributed by atoms with van der Waals surface area (Å²) in [4.78, 5) is 65.6. The van der Waals surface area contributed by atoms with Gasteiger partial charge in [0.15, 0.2) is 0 Å². The Labute approximate surface area is 828 Å². The van der Waals surface area contributed by atoms with Crippen molar-refractivity contribution in [3.8, 4) is 0 Å². The maximum absolute atomic E-state index is 11.5. The van der Waals surface area contributed by atoms with Crippen LogP contribution in [0.5, 0.6) is 0 Å². The van der Waals surface area contributed by atoms with Crippen LogP contribution in [-0.2, 0) is 24.1 Å². The first-order valence-corrected chi connectivity index (χ1v) is 52.0. The second-order valence-corrected chi connectivity index (χ2v) is 34.3. The van der Waals surface area contributed by atoms with Gasteiger partial charge in [-0.2, -0.15) is 18.2 Å². The van der Waals surface area contributed by atoms with Crippen LogP contribution >= 0.6 is 79.9 Å². The fourth-order valence-corrected chi connectivity index (χ4v) is 14.8. The summed E-state index contributed by atoms with van der Waals surface area (Å²) in [6.07, 6.45) is 5.41. The van der Waals surface area contributed by atoms with Crippen molar-refractivity contribution in [3.05, 3.63) is 311 Å². The number of thiophene rings is 1. The van der Waals surface area contributed by atoms with E-state index in [4.69, 9.17) is 13.1 Å². The molecule has 12 heterocycles. The summed E-state index contributed by atoms with van der Waals surface area (Å²) in [5.74, 6) is 1.20. The molecule has 0 radical (unpaired) electrons. The van der Waals surface area contributed by atoms with Crippen LogP contribution in [0, 0.1) is 131 Å². The molecule has 5 aromatic carbocycles. The van der Waals surface area contributed by atoms with Crippen molar-refractivity contribution in [2.45, 2.75) is 261 Å². The minimum absolute atomic E-state index is 0.0995. The number of sulfonamides is 1. The van der Waals surface area contributed by atoms with Gasteiger partial charge in [0.25, 0.3) is 45.2 Å². The summed E-state index contributed by atoms with van der Waals surface area (Å²) < 4.78 is 40.9. The molecule has 15 aromatic rings. The number of hydrogen-bond donors (Lipinski definition) is 0. The molecule has 0 unspecified atom stereocenters. The molecule has 0 saturated carbocycles. The van der Waals surface area contributed by atoms with E-state index in [1.54, 1.807) is 136 Å². The fourth-order valence-electron chi connectivity index (χ4n) is 9.23. The second kappa shape index (κ2) is 80.7. The largest absolute Gasteiger partial charge is 0.373 e. The standard InChI is InChI=1S/C9H7NO2.C8H7NO3S.2C8H7NS.C7H6N4.C7H12N2.C7H8.C6H9NS.C6H7N.C5H6S.2C4H6N2S.C4H5NS.10C2H6/c1-10-8(11)6-4-2-3-5-7(6)9(10)12;1-9-8(10)6-4-2-3-5-7(6)13(9,11)12;1-6-9-7-4-2-3-5-8(7)10-6;1-6-7-4-2-3-5-8(7)9-10-6;1-5-10-6(8-2)7(9-3)11(5)4;1-5-6(2)8-9(4)7(5)3;1-7-5-3-2-4-6-7;1-4-5(2)7-8-6(4)3;1-6-3-2-4-7-5-6;1-5-3-2-4-6-5;1-3-5-6-4(2)7-3;1-3-5-4(2)7-6-3;1-4-5-2-3-6-4;10*1-2/h2-5H,1H3;2-5H,1H3;2*2-5H,1H3;1,4H3;1-4H3;2-6H,1H3;1-3H3;2-5H,1H3;2-4H,1H3;2*1-2H3;2-3H,1H3;10*1-2H3. The van der Waals surface area contributed by atoms with Crippen molar-refractivity contribution in [3.63, 3.8) is 0 Å². The summed E-state index contributed by atoms with van der Waals surface area (Å²) in [5.41, 5.74) is 12.2. The quantitative estimate of drug-likeness (QED) is 0.101. The molecule has 0 fully saturated rings. The Morgan fingerprint density at radius 1 is 0.398 bits per heavy atom. The number of carbonyl (C=O) groups is 3. The fraction of sp³-hybridized carbons (Fsp3) is 0.398. The highest BCUT2D eigenvalue weighted by molar-refractivity contribution is 7.90. The van der Waals surface area contributed by atoms with Gasteiger partial charge in [0, 0.05) is 77.7 Å². The van der Waals surface area contributed by atoms with E-state index < -0.39 is 15.9 Å². The molecule has 728 valence electrons. The number of fused-ring (bicyclic) bond motifs is 4. The number of imide groups is 1. The maximum Gasteiger partial charge on any atom is 0.293 e. The van der Waals surface area contributed by atoms with Crippen molar-refractivity contribution in [1.82, 2.24) is 71.8 Å². The van der Waals surface area contributed by atoms with Gasteiger partial charge in [0.1, 0.15) is 25.7 Å². The summed E-state index contributed by atoms with van der Waals surface area (Å²) in [6.45, 7) is 87.7. The topological polar surface area (TPSA) is 252 Å². The van der Waals surface area contributed by atoms with E-state index in [0.29, 0.717) is 22.8 Å². The monoisotopic (exact) mass is 1960 g/mol. The lowest BCUT2D eigenvalue weighted by Gasteiger charge is -2.05. The molecule has 0 aliphatic carbocycles. The first kappa shape index (κ1) is 133. The van der Waals surface area contributed by atoms with Gasteiger partial charge in [-0.3, -0.25) is 38.5 Å². The van der Waals surface area contributed by atoms with Crippen molar-refractivity contribution < 1.29 is 22.8 Å². The molecule has 2 aliphatic rings. The van der Waals surface area contributed by atoms with Gasteiger partial charge < -0.3 is 9.69 Å². The molecule has 0 atom stereocenters.